The van der Waals surface area contributed by atoms with Gasteiger partial charge in [-0.05, 0) is 6.92 Å². The van der Waals surface area contributed by atoms with Crippen LogP contribution < -0.4 is 10.6 Å². The number of rotatable bonds is 2. The topological polar surface area (TPSA) is 81.8 Å². The van der Waals surface area contributed by atoms with E-state index in [2.05, 4.69) is 10.6 Å². The molecule has 0 aromatic carbocycles. The highest BCUT2D eigenvalue weighted by Crippen LogP contribution is 2.06. The van der Waals surface area contributed by atoms with Crippen LogP contribution in [0.5, 0.6) is 0 Å². The van der Waals surface area contributed by atoms with Crippen molar-refractivity contribution in [1.82, 2.24) is 20.4 Å². The van der Waals surface area contributed by atoms with E-state index in [1.165, 1.54) is 14.0 Å². The Morgan fingerprint density at radius 3 is 2.11 bits per heavy atom. The smallest absolute Gasteiger partial charge is 0.321 e. The maximum atomic E-state index is 11.7. The maximum absolute atomic E-state index is 11.7. The van der Waals surface area contributed by atoms with Gasteiger partial charge < -0.3 is 10.2 Å². The van der Waals surface area contributed by atoms with Gasteiger partial charge in [-0.2, -0.15) is 0 Å². The maximum Gasteiger partial charge on any atom is 0.321 e. The molecule has 1 aliphatic rings. The Morgan fingerprint density at radius 1 is 1.11 bits per heavy atom. The molecule has 1 heterocycles. The second-order valence-corrected chi connectivity index (χ2v) is 4.29. The predicted octanol–water partition coefficient (Wildman–Crippen LogP) is -1.01. The van der Waals surface area contributed by atoms with Crippen LogP contribution in [0.3, 0.4) is 0 Å². The van der Waals surface area contributed by atoms with E-state index in [0.29, 0.717) is 26.2 Å². The summed E-state index contributed by atoms with van der Waals surface area (Å²) in [5.74, 6) is -0.275. The molecule has 0 aliphatic carbocycles. The molecule has 1 aliphatic heterocycles. The van der Waals surface area contributed by atoms with Crippen LogP contribution in [0.15, 0.2) is 0 Å². The third-order valence-corrected chi connectivity index (χ3v) is 3.15. The molecule has 1 fully saturated rings. The van der Waals surface area contributed by atoms with Crippen molar-refractivity contribution in [3.63, 3.8) is 0 Å². The summed E-state index contributed by atoms with van der Waals surface area (Å²) >= 11 is 0. The van der Waals surface area contributed by atoms with Gasteiger partial charge in [0.15, 0.2) is 0 Å². The van der Waals surface area contributed by atoms with Gasteiger partial charge in [-0.15, -0.1) is 0 Å². The van der Waals surface area contributed by atoms with Crippen LogP contribution in [0.4, 0.5) is 4.79 Å². The van der Waals surface area contributed by atoms with Gasteiger partial charge in [0, 0.05) is 40.2 Å². The molecule has 0 aromatic rings. The van der Waals surface area contributed by atoms with Crippen molar-refractivity contribution in [3.05, 3.63) is 0 Å². The molecule has 0 aromatic heterocycles. The molecule has 4 amide bonds. The van der Waals surface area contributed by atoms with E-state index in [1.807, 2.05) is 4.90 Å². The van der Waals surface area contributed by atoms with E-state index in [-0.39, 0.29) is 17.9 Å². The quantitative estimate of drug-likeness (QED) is 0.663. The van der Waals surface area contributed by atoms with Crippen molar-refractivity contribution in [1.29, 1.82) is 0 Å². The molecule has 7 heteroatoms. The van der Waals surface area contributed by atoms with Crippen LogP contribution in [0.25, 0.3) is 0 Å². The minimum atomic E-state index is -0.505. The molecule has 0 saturated carbocycles. The van der Waals surface area contributed by atoms with E-state index >= 15 is 0 Å². The largest absolute Gasteiger partial charge is 0.341 e. The number of hydrogen-bond donors (Lipinski definition) is 2. The summed E-state index contributed by atoms with van der Waals surface area (Å²) in [5, 5.41) is 4.58. The van der Waals surface area contributed by atoms with Crippen molar-refractivity contribution < 1.29 is 14.4 Å². The van der Waals surface area contributed by atoms with Crippen LogP contribution >= 0.6 is 0 Å². The summed E-state index contributed by atoms with van der Waals surface area (Å²) < 4.78 is 0. The van der Waals surface area contributed by atoms with Gasteiger partial charge in [-0.3, -0.25) is 19.8 Å². The first kappa shape index (κ1) is 14.4. The Hall–Kier alpha value is -1.63. The Morgan fingerprint density at radius 2 is 1.67 bits per heavy atom. The highest BCUT2D eigenvalue weighted by atomic mass is 16.2. The predicted molar refractivity (Wildman–Crippen MR) is 65.9 cm³/mol. The molecule has 0 spiro atoms. The summed E-state index contributed by atoms with van der Waals surface area (Å²) in [6, 6.07) is -0.884. The molecule has 18 heavy (non-hydrogen) atoms. The molecule has 0 radical (unpaired) electrons. The van der Waals surface area contributed by atoms with Crippen molar-refractivity contribution in [3.8, 4) is 0 Å². The summed E-state index contributed by atoms with van der Waals surface area (Å²) in [6.45, 7) is 5.81. The first-order chi connectivity index (χ1) is 8.45. The standard InChI is InChI=1S/C11H20N4O3/c1-8(10(17)13-11(18)12-3)14-4-6-15(7-5-14)9(2)16/h8H,4-7H2,1-3H3,(H2,12,13,17,18)/t8-/m0/s1. The lowest BCUT2D eigenvalue weighted by atomic mass is 10.2. The average Bonchev–Trinajstić information content (AvgIpc) is 2.37. The molecule has 2 N–H and O–H groups in total. The minimum absolute atomic E-state index is 0.0529. The zero-order chi connectivity index (χ0) is 13.7. The van der Waals surface area contributed by atoms with Crippen molar-refractivity contribution in [2.75, 3.05) is 33.2 Å². The van der Waals surface area contributed by atoms with Gasteiger partial charge in [-0.25, -0.2) is 4.79 Å². The fourth-order valence-electron chi connectivity index (χ4n) is 1.87. The fourth-order valence-corrected chi connectivity index (χ4v) is 1.87. The molecule has 7 nitrogen and oxygen atoms in total. The van der Waals surface area contributed by atoms with Gasteiger partial charge in [-0.1, -0.05) is 0 Å². The lowest BCUT2D eigenvalue weighted by molar-refractivity contribution is -0.132. The van der Waals surface area contributed by atoms with E-state index < -0.39 is 6.03 Å². The Bertz CT molecular complexity index is 337. The van der Waals surface area contributed by atoms with Gasteiger partial charge in [0.05, 0.1) is 6.04 Å². The van der Waals surface area contributed by atoms with E-state index in [4.69, 9.17) is 0 Å². The second kappa shape index (κ2) is 6.34. The number of piperazine rings is 1. The number of carbonyl (C=O) groups is 3. The Balaban J connectivity index is 2.44. The van der Waals surface area contributed by atoms with Crippen LogP contribution in [0.1, 0.15) is 13.8 Å². The SMILES string of the molecule is CNC(=O)NC(=O)[C@H](C)N1CCN(C(C)=O)CC1. The van der Waals surface area contributed by atoms with Crippen molar-refractivity contribution in [2.24, 2.45) is 0 Å². The van der Waals surface area contributed by atoms with Crippen LogP contribution in [0.2, 0.25) is 0 Å². The van der Waals surface area contributed by atoms with Gasteiger partial charge in [0.25, 0.3) is 0 Å². The number of nitrogens with one attached hydrogen (secondary N) is 2. The molecule has 1 atom stereocenters. The van der Waals surface area contributed by atoms with E-state index in [9.17, 15) is 14.4 Å². The van der Waals surface area contributed by atoms with Gasteiger partial charge >= 0.3 is 6.03 Å². The zero-order valence-corrected chi connectivity index (χ0v) is 11.0. The number of amides is 4. The molecule has 102 valence electrons. The normalized spacial score (nSPS) is 18.1. The highest BCUT2D eigenvalue weighted by molar-refractivity contribution is 5.96. The zero-order valence-electron chi connectivity index (χ0n) is 11.0. The van der Waals surface area contributed by atoms with Gasteiger partial charge in [0.2, 0.25) is 11.8 Å². The first-order valence-electron chi connectivity index (χ1n) is 5.98. The Labute approximate surface area is 106 Å². The molecule has 1 rings (SSSR count). The molecule has 0 bridgehead atoms. The molecule has 0 unspecified atom stereocenters. The van der Waals surface area contributed by atoms with E-state index in [0.717, 1.165) is 0 Å². The van der Waals surface area contributed by atoms with Crippen LogP contribution in [0, 0.1) is 0 Å². The summed E-state index contributed by atoms with van der Waals surface area (Å²) in [4.78, 5) is 37.6. The van der Waals surface area contributed by atoms with Crippen molar-refractivity contribution in [2.45, 2.75) is 19.9 Å². The van der Waals surface area contributed by atoms with Gasteiger partial charge in [0.1, 0.15) is 0 Å². The minimum Gasteiger partial charge on any atom is -0.341 e. The third-order valence-electron chi connectivity index (χ3n) is 3.15. The molecule has 1 saturated heterocycles. The van der Waals surface area contributed by atoms with Crippen molar-refractivity contribution >= 4 is 17.8 Å². The summed E-state index contributed by atoms with van der Waals surface area (Å²) in [7, 11) is 1.46. The number of carbonyl (C=O) groups excluding carboxylic acids is 3. The Kier molecular flexibility index (Phi) is 5.08. The highest BCUT2D eigenvalue weighted by Gasteiger charge is 2.26. The lowest BCUT2D eigenvalue weighted by Gasteiger charge is -2.36. The third kappa shape index (κ3) is 3.69. The monoisotopic (exact) mass is 256 g/mol. The summed E-state index contributed by atoms with van der Waals surface area (Å²) in [6.07, 6.45) is 0. The number of hydrogen-bond acceptors (Lipinski definition) is 4. The van der Waals surface area contributed by atoms with Crippen LogP contribution in [-0.4, -0.2) is 66.9 Å². The summed E-state index contributed by atoms with van der Waals surface area (Å²) in [5.41, 5.74) is 0. The van der Waals surface area contributed by atoms with Crippen LogP contribution in [-0.2, 0) is 9.59 Å². The molecular formula is C11H20N4O3. The fraction of sp³-hybridized carbons (Fsp3) is 0.727. The second-order valence-electron chi connectivity index (χ2n) is 4.29. The lowest BCUT2D eigenvalue weighted by Crippen LogP contribution is -2.55. The molecular weight excluding hydrogens is 236 g/mol. The van der Waals surface area contributed by atoms with E-state index in [1.54, 1.807) is 11.8 Å². The first-order valence-corrected chi connectivity index (χ1v) is 5.98. The number of imide groups is 1. The number of urea groups is 1. The number of nitrogens with zero attached hydrogens (tertiary/aromatic N) is 2. The average molecular weight is 256 g/mol.